The molecule has 0 radical (unpaired) electrons. The summed E-state index contributed by atoms with van der Waals surface area (Å²) in [5.41, 5.74) is 6.59. The molecular weight excluding hydrogens is 484 g/mol. The molecule has 3 atom stereocenters. The molecule has 2 aromatic carbocycles. The van der Waals surface area contributed by atoms with E-state index in [2.05, 4.69) is 21.7 Å². The lowest BCUT2D eigenvalue weighted by Crippen LogP contribution is -2.52. The Balaban J connectivity index is 1.57. The summed E-state index contributed by atoms with van der Waals surface area (Å²) in [6, 6.07) is 12.3. The minimum Gasteiger partial charge on any atom is -0.493 e. The van der Waals surface area contributed by atoms with Gasteiger partial charge < -0.3 is 31.5 Å². The van der Waals surface area contributed by atoms with E-state index in [9.17, 15) is 19.5 Å². The summed E-state index contributed by atoms with van der Waals surface area (Å²) < 4.78 is 5.81. The number of hydrogen-bond donors (Lipinski definition) is 5. The Morgan fingerprint density at radius 3 is 2.68 bits per heavy atom. The smallest absolute Gasteiger partial charge is 0.252 e. The highest BCUT2D eigenvalue weighted by molar-refractivity contribution is 6.03. The van der Waals surface area contributed by atoms with Crippen LogP contribution in [0.15, 0.2) is 54.2 Å². The van der Waals surface area contributed by atoms with Gasteiger partial charge in [0, 0.05) is 35.7 Å². The first kappa shape index (κ1) is 27.5. The Bertz CT molecular complexity index is 1190. The number of quaternary nitrogens is 1. The molecule has 1 fully saturated rings. The zero-order valence-corrected chi connectivity index (χ0v) is 21.8. The second-order valence-electron chi connectivity index (χ2n) is 10.1. The van der Waals surface area contributed by atoms with Crippen molar-refractivity contribution in [3.8, 4) is 5.75 Å². The second kappa shape index (κ2) is 12.8. The molecule has 9 nitrogen and oxygen atoms in total. The number of aliphatic hydroxyl groups excluding tert-OH is 1. The lowest BCUT2D eigenvalue weighted by atomic mass is 9.94. The third-order valence-corrected chi connectivity index (χ3v) is 6.91. The van der Waals surface area contributed by atoms with Crippen LogP contribution in [0.3, 0.4) is 0 Å². The van der Waals surface area contributed by atoms with Gasteiger partial charge in [-0.3, -0.25) is 14.4 Å². The lowest BCUT2D eigenvalue weighted by molar-refractivity contribution is -0.301. The van der Waals surface area contributed by atoms with E-state index in [1.165, 1.54) is 6.08 Å². The number of fused-ring (bicyclic) bond motifs is 1. The average Bonchev–Trinajstić information content (AvgIpc) is 3.45. The Morgan fingerprint density at radius 2 is 1.97 bits per heavy atom. The average molecular weight is 522 g/mol. The molecule has 7 N–H and O–H groups in total. The zero-order valence-electron chi connectivity index (χ0n) is 21.8. The zero-order chi connectivity index (χ0) is 27.1. The molecule has 0 aromatic heterocycles. The molecule has 202 valence electrons. The fourth-order valence-corrected chi connectivity index (χ4v) is 5.05. The van der Waals surface area contributed by atoms with Crippen molar-refractivity contribution < 1.29 is 30.0 Å². The molecule has 0 aliphatic carbocycles. The van der Waals surface area contributed by atoms with Crippen molar-refractivity contribution in [1.29, 1.82) is 0 Å². The van der Waals surface area contributed by atoms with Gasteiger partial charge in [-0.05, 0) is 56.3 Å². The highest BCUT2D eigenvalue weighted by Crippen LogP contribution is 2.30. The Kier molecular flexibility index (Phi) is 9.28. The monoisotopic (exact) mass is 521 g/mol. The number of allylic oxidation sites excluding steroid dienone is 1. The number of carbonyl (C=O) groups is 3. The number of rotatable bonds is 10. The number of benzene rings is 2. The molecular formula is C29H37N4O5+. The van der Waals surface area contributed by atoms with Gasteiger partial charge in [-0.1, -0.05) is 30.3 Å². The fraction of sp³-hybridized carbons (Fsp3) is 0.414. The van der Waals surface area contributed by atoms with Crippen molar-refractivity contribution >= 4 is 17.6 Å². The minimum atomic E-state index is -0.783. The first-order valence-electron chi connectivity index (χ1n) is 13.2. The van der Waals surface area contributed by atoms with Crippen LogP contribution in [0.2, 0.25) is 0 Å². The number of ketones is 1. The van der Waals surface area contributed by atoms with Gasteiger partial charge in [-0.25, -0.2) is 0 Å². The molecule has 4 rings (SSSR count). The van der Waals surface area contributed by atoms with E-state index in [0.717, 1.165) is 36.9 Å². The first-order valence-corrected chi connectivity index (χ1v) is 13.2. The number of hydrogen-bond acceptors (Lipinski definition) is 6. The van der Waals surface area contributed by atoms with E-state index in [0.29, 0.717) is 36.5 Å². The quantitative estimate of drug-likeness (QED) is 0.294. The number of aliphatic hydroxyl groups is 1. The molecule has 2 heterocycles. The lowest BCUT2D eigenvalue weighted by Gasteiger charge is -2.29. The van der Waals surface area contributed by atoms with Gasteiger partial charge in [-0.2, -0.15) is 0 Å². The predicted molar refractivity (Wildman–Crippen MR) is 143 cm³/mol. The molecule has 2 aliphatic heterocycles. The van der Waals surface area contributed by atoms with E-state index >= 15 is 0 Å². The van der Waals surface area contributed by atoms with Crippen molar-refractivity contribution in [2.75, 3.05) is 19.7 Å². The molecule has 0 unspecified atom stereocenters. The number of carbonyl (C=O) groups excluding carboxylic acids is 3. The SMILES string of the molecule is CC([NH3+])=CC(=O)CNC(=O)c1cc(C(=O)N[C@@H](Cc2ccccc2)[C@H](O)[C@H]2CCCN2)cc2c1CCCO2. The van der Waals surface area contributed by atoms with Gasteiger partial charge in [0.15, 0.2) is 5.78 Å². The predicted octanol–water partition coefficient (Wildman–Crippen LogP) is 0.910. The highest BCUT2D eigenvalue weighted by atomic mass is 16.5. The molecule has 1 saturated heterocycles. The van der Waals surface area contributed by atoms with Crippen LogP contribution in [0.1, 0.15) is 58.0 Å². The highest BCUT2D eigenvalue weighted by Gasteiger charge is 2.32. The van der Waals surface area contributed by atoms with Crippen LogP contribution in [0.5, 0.6) is 5.75 Å². The minimum absolute atomic E-state index is 0.106. The summed E-state index contributed by atoms with van der Waals surface area (Å²) in [5.74, 6) is -0.615. The molecule has 38 heavy (non-hydrogen) atoms. The molecule has 0 bridgehead atoms. The fourth-order valence-electron chi connectivity index (χ4n) is 5.05. The Labute approximate surface area is 222 Å². The van der Waals surface area contributed by atoms with Crippen molar-refractivity contribution in [2.24, 2.45) is 0 Å². The van der Waals surface area contributed by atoms with Gasteiger partial charge in [0.1, 0.15) is 11.4 Å². The van der Waals surface area contributed by atoms with E-state index in [1.54, 1.807) is 19.1 Å². The molecule has 2 amide bonds. The Hall–Kier alpha value is -3.53. The summed E-state index contributed by atoms with van der Waals surface area (Å²) in [6.07, 6.45) is 4.24. The van der Waals surface area contributed by atoms with E-state index < -0.39 is 24.0 Å². The van der Waals surface area contributed by atoms with Crippen LogP contribution in [0.25, 0.3) is 0 Å². The van der Waals surface area contributed by atoms with Crippen LogP contribution >= 0.6 is 0 Å². The van der Waals surface area contributed by atoms with Crippen molar-refractivity contribution in [3.05, 3.63) is 76.5 Å². The van der Waals surface area contributed by atoms with E-state index in [-0.39, 0.29) is 23.9 Å². The summed E-state index contributed by atoms with van der Waals surface area (Å²) in [6.45, 7) is 2.87. The third-order valence-electron chi connectivity index (χ3n) is 6.91. The standard InChI is InChI=1S/C29H36N4O5/c1-18(30)13-21(34)17-32-29(37)23-15-20(16-26-22(23)9-6-12-38-26)28(36)33-25(14-19-7-3-2-4-8-19)27(35)24-10-5-11-31-24/h2-4,7-8,13,15-16,24-25,27,31,35H,5-6,9-12,14,17,30H2,1H3,(H,32,37)(H,33,36)/p+1/t24-,25+,27-/m1/s1. The first-order chi connectivity index (χ1) is 18.3. The van der Waals surface area contributed by atoms with Crippen LogP contribution in [0.4, 0.5) is 0 Å². The summed E-state index contributed by atoms with van der Waals surface area (Å²) in [4.78, 5) is 38.7. The normalized spacial score (nSPS) is 18.6. The second-order valence-corrected chi connectivity index (χ2v) is 10.1. The Morgan fingerprint density at radius 1 is 1.18 bits per heavy atom. The van der Waals surface area contributed by atoms with Crippen LogP contribution in [0, 0.1) is 0 Å². The van der Waals surface area contributed by atoms with Gasteiger partial charge in [0.2, 0.25) is 0 Å². The maximum absolute atomic E-state index is 13.5. The van der Waals surface area contributed by atoms with Crippen LogP contribution < -0.4 is 26.4 Å². The van der Waals surface area contributed by atoms with Gasteiger partial charge in [0.05, 0.1) is 25.3 Å². The molecule has 2 aromatic rings. The van der Waals surface area contributed by atoms with Crippen molar-refractivity contribution in [1.82, 2.24) is 16.0 Å². The van der Waals surface area contributed by atoms with E-state index in [4.69, 9.17) is 4.74 Å². The molecule has 2 aliphatic rings. The number of amides is 2. The molecule has 0 saturated carbocycles. The maximum Gasteiger partial charge on any atom is 0.252 e. The van der Waals surface area contributed by atoms with Crippen LogP contribution in [-0.4, -0.2) is 60.6 Å². The third kappa shape index (κ3) is 7.06. The number of nitrogens with one attached hydrogen (secondary N) is 3. The summed E-state index contributed by atoms with van der Waals surface area (Å²) in [7, 11) is 0. The van der Waals surface area contributed by atoms with Crippen molar-refractivity contribution in [3.63, 3.8) is 0 Å². The van der Waals surface area contributed by atoms with Gasteiger partial charge >= 0.3 is 0 Å². The van der Waals surface area contributed by atoms with E-state index in [1.807, 2.05) is 30.3 Å². The van der Waals surface area contributed by atoms with Gasteiger partial charge in [0.25, 0.3) is 11.8 Å². The molecule has 9 heteroatoms. The van der Waals surface area contributed by atoms with Crippen molar-refractivity contribution in [2.45, 2.75) is 57.2 Å². The molecule has 0 spiro atoms. The van der Waals surface area contributed by atoms with Crippen LogP contribution in [-0.2, 0) is 17.6 Å². The number of ether oxygens (including phenoxy) is 1. The topological polar surface area (TPSA) is 144 Å². The maximum atomic E-state index is 13.5. The summed E-state index contributed by atoms with van der Waals surface area (Å²) in [5, 5.41) is 20.2. The summed E-state index contributed by atoms with van der Waals surface area (Å²) >= 11 is 0. The van der Waals surface area contributed by atoms with Gasteiger partial charge in [-0.15, -0.1) is 0 Å². The largest absolute Gasteiger partial charge is 0.493 e.